The highest BCUT2D eigenvalue weighted by Crippen LogP contribution is 2.45. The van der Waals surface area contributed by atoms with Crippen molar-refractivity contribution in [3.8, 4) is 22.8 Å². The highest BCUT2D eigenvalue weighted by molar-refractivity contribution is 6.08. The molecule has 160 valence electrons. The number of ether oxygens (including phenoxy) is 3. The number of hydrogen-bond acceptors (Lipinski definition) is 5. The standard InChI is InChI=1S/C24H24N2O5/c1-12-6-8-16-15(10-12)20(23(27)26-16)21-19(24(28)31-5)13(2)25-22(21)14-7-9-17(29-3)18(11-14)30-4/h6-11,20,25H,1-5H3,(H,26,27)/t20-/m1/s1. The van der Waals surface area contributed by atoms with E-state index in [0.717, 1.165) is 22.4 Å². The van der Waals surface area contributed by atoms with E-state index < -0.39 is 11.9 Å². The number of rotatable bonds is 5. The molecule has 0 fully saturated rings. The molecule has 2 heterocycles. The second-order valence-corrected chi connectivity index (χ2v) is 7.49. The zero-order valence-electron chi connectivity index (χ0n) is 18.1. The molecular weight excluding hydrogens is 396 g/mol. The van der Waals surface area contributed by atoms with Gasteiger partial charge in [0.15, 0.2) is 11.5 Å². The maximum absolute atomic E-state index is 13.1. The van der Waals surface area contributed by atoms with Gasteiger partial charge in [0.05, 0.1) is 38.5 Å². The fourth-order valence-corrected chi connectivity index (χ4v) is 4.19. The van der Waals surface area contributed by atoms with Crippen LogP contribution in [0, 0.1) is 13.8 Å². The Hall–Kier alpha value is -3.74. The van der Waals surface area contributed by atoms with Crippen LogP contribution in [0.5, 0.6) is 11.5 Å². The predicted octanol–water partition coefficient (Wildman–Crippen LogP) is 4.19. The van der Waals surface area contributed by atoms with Crippen LogP contribution in [0.2, 0.25) is 0 Å². The number of esters is 1. The predicted molar refractivity (Wildman–Crippen MR) is 117 cm³/mol. The zero-order valence-corrected chi connectivity index (χ0v) is 18.1. The van der Waals surface area contributed by atoms with Gasteiger partial charge in [-0.15, -0.1) is 0 Å². The summed E-state index contributed by atoms with van der Waals surface area (Å²) in [6.07, 6.45) is 0. The van der Waals surface area contributed by atoms with Crippen molar-refractivity contribution in [1.82, 2.24) is 4.98 Å². The van der Waals surface area contributed by atoms with Gasteiger partial charge in [-0.2, -0.15) is 0 Å². The van der Waals surface area contributed by atoms with Crippen LogP contribution in [0.15, 0.2) is 36.4 Å². The molecule has 1 aromatic heterocycles. The van der Waals surface area contributed by atoms with Gasteiger partial charge >= 0.3 is 5.97 Å². The number of amides is 1. The minimum Gasteiger partial charge on any atom is -0.493 e. The molecule has 0 spiro atoms. The van der Waals surface area contributed by atoms with Crippen LogP contribution in [0.3, 0.4) is 0 Å². The van der Waals surface area contributed by atoms with Crippen molar-refractivity contribution in [3.63, 3.8) is 0 Å². The van der Waals surface area contributed by atoms with E-state index in [1.807, 2.05) is 37.3 Å². The quantitative estimate of drug-likeness (QED) is 0.604. The van der Waals surface area contributed by atoms with Crippen molar-refractivity contribution >= 4 is 17.6 Å². The number of methoxy groups -OCH3 is 3. The summed E-state index contributed by atoms with van der Waals surface area (Å²) < 4.78 is 15.9. The van der Waals surface area contributed by atoms with E-state index in [1.54, 1.807) is 27.2 Å². The lowest BCUT2D eigenvalue weighted by atomic mass is 9.87. The third kappa shape index (κ3) is 3.32. The molecule has 0 unspecified atom stereocenters. The Balaban J connectivity index is 1.99. The highest BCUT2D eigenvalue weighted by Gasteiger charge is 2.38. The summed E-state index contributed by atoms with van der Waals surface area (Å²) in [5.41, 5.74) is 5.60. The number of nitrogens with one attached hydrogen (secondary N) is 2. The van der Waals surface area contributed by atoms with E-state index in [2.05, 4.69) is 10.3 Å². The number of carbonyl (C=O) groups excluding carboxylic acids is 2. The molecule has 7 heteroatoms. The Bertz CT molecular complexity index is 1190. The number of carbonyl (C=O) groups is 2. The van der Waals surface area contributed by atoms with Gasteiger partial charge in [0.2, 0.25) is 5.91 Å². The third-order valence-electron chi connectivity index (χ3n) is 5.61. The van der Waals surface area contributed by atoms with E-state index in [4.69, 9.17) is 14.2 Å². The molecule has 1 amide bonds. The van der Waals surface area contributed by atoms with Crippen LogP contribution in [0.4, 0.5) is 5.69 Å². The Labute approximate surface area is 180 Å². The van der Waals surface area contributed by atoms with E-state index in [-0.39, 0.29) is 5.91 Å². The summed E-state index contributed by atoms with van der Waals surface area (Å²) in [4.78, 5) is 29.1. The molecule has 3 aromatic rings. The molecule has 7 nitrogen and oxygen atoms in total. The molecule has 4 rings (SSSR count). The van der Waals surface area contributed by atoms with Crippen molar-refractivity contribution in [2.24, 2.45) is 0 Å². The van der Waals surface area contributed by atoms with Gasteiger partial charge in [-0.3, -0.25) is 4.79 Å². The number of aromatic nitrogens is 1. The molecule has 2 aromatic carbocycles. The first-order chi connectivity index (χ1) is 14.9. The minimum absolute atomic E-state index is 0.188. The van der Waals surface area contributed by atoms with Gasteiger partial charge in [0.25, 0.3) is 0 Å². The Morgan fingerprint density at radius 2 is 1.71 bits per heavy atom. The van der Waals surface area contributed by atoms with Crippen LogP contribution in [0.25, 0.3) is 11.3 Å². The SMILES string of the molecule is COC(=O)c1c(C)[nH]c(-c2ccc(OC)c(OC)c2)c1[C@@H]1C(=O)Nc2ccc(C)cc21. The molecule has 1 aliphatic heterocycles. The minimum atomic E-state index is -0.656. The van der Waals surface area contributed by atoms with Gasteiger partial charge in [0.1, 0.15) is 0 Å². The lowest BCUT2D eigenvalue weighted by Crippen LogP contribution is -2.17. The molecule has 0 saturated carbocycles. The molecule has 1 atom stereocenters. The summed E-state index contributed by atoms with van der Waals surface area (Å²) >= 11 is 0. The molecule has 0 radical (unpaired) electrons. The van der Waals surface area contributed by atoms with Gasteiger partial charge in [-0.1, -0.05) is 17.7 Å². The van der Waals surface area contributed by atoms with Gasteiger partial charge in [-0.05, 0) is 43.7 Å². The van der Waals surface area contributed by atoms with E-state index in [9.17, 15) is 9.59 Å². The number of anilines is 1. The van der Waals surface area contributed by atoms with Crippen molar-refractivity contribution in [2.75, 3.05) is 26.6 Å². The van der Waals surface area contributed by atoms with Crippen LogP contribution in [0.1, 0.15) is 38.7 Å². The maximum Gasteiger partial charge on any atom is 0.340 e. The molecule has 0 aliphatic carbocycles. The first-order valence-corrected chi connectivity index (χ1v) is 9.84. The van der Waals surface area contributed by atoms with Crippen LogP contribution in [-0.4, -0.2) is 38.2 Å². The van der Waals surface area contributed by atoms with Crippen molar-refractivity contribution in [2.45, 2.75) is 19.8 Å². The van der Waals surface area contributed by atoms with E-state index in [0.29, 0.717) is 34.0 Å². The first kappa shape index (κ1) is 20.5. The summed E-state index contributed by atoms with van der Waals surface area (Å²) in [7, 11) is 4.46. The second kappa shape index (κ2) is 7.83. The smallest absolute Gasteiger partial charge is 0.340 e. The Morgan fingerprint density at radius 1 is 0.968 bits per heavy atom. The lowest BCUT2D eigenvalue weighted by molar-refractivity contribution is -0.116. The summed E-state index contributed by atoms with van der Waals surface area (Å²) in [5, 5.41) is 2.94. The van der Waals surface area contributed by atoms with Gasteiger partial charge in [-0.25, -0.2) is 4.79 Å². The second-order valence-electron chi connectivity index (χ2n) is 7.49. The lowest BCUT2D eigenvalue weighted by Gasteiger charge is -2.15. The number of aromatic amines is 1. The highest BCUT2D eigenvalue weighted by atomic mass is 16.5. The maximum atomic E-state index is 13.1. The van der Waals surface area contributed by atoms with Crippen LogP contribution in [-0.2, 0) is 9.53 Å². The number of benzene rings is 2. The topological polar surface area (TPSA) is 89.7 Å². The van der Waals surface area contributed by atoms with Gasteiger partial charge in [0, 0.05) is 22.5 Å². The monoisotopic (exact) mass is 420 g/mol. The normalized spacial score (nSPS) is 14.7. The van der Waals surface area contributed by atoms with Crippen LogP contribution < -0.4 is 14.8 Å². The molecular formula is C24H24N2O5. The fourth-order valence-electron chi connectivity index (χ4n) is 4.19. The molecule has 0 saturated heterocycles. The summed E-state index contributed by atoms with van der Waals surface area (Å²) in [5.74, 6) is -0.207. The average molecular weight is 420 g/mol. The van der Waals surface area contributed by atoms with Crippen molar-refractivity contribution in [1.29, 1.82) is 0 Å². The average Bonchev–Trinajstić information content (AvgIpc) is 3.27. The van der Waals surface area contributed by atoms with E-state index in [1.165, 1.54) is 7.11 Å². The Kier molecular flexibility index (Phi) is 5.19. The molecule has 31 heavy (non-hydrogen) atoms. The van der Waals surface area contributed by atoms with Crippen LogP contribution >= 0.6 is 0 Å². The number of aryl methyl sites for hydroxylation is 2. The molecule has 2 N–H and O–H groups in total. The van der Waals surface area contributed by atoms with Crippen molar-refractivity contribution in [3.05, 3.63) is 64.3 Å². The van der Waals surface area contributed by atoms with Gasteiger partial charge < -0.3 is 24.5 Å². The molecule has 1 aliphatic rings. The number of hydrogen-bond donors (Lipinski definition) is 2. The fraction of sp³-hybridized carbons (Fsp3) is 0.250. The third-order valence-corrected chi connectivity index (χ3v) is 5.61. The first-order valence-electron chi connectivity index (χ1n) is 9.84. The Morgan fingerprint density at radius 3 is 2.39 bits per heavy atom. The number of fused-ring (bicyclic) bond motifs is 1. The van der Waals surface area contributed by atoms with Crippen molar-refractivity contribution < 1.29 is 23.8 Å². The molecule has 0 bridgehead atoms. The zero-order chi connectivity index (χ0) is 22.3. The number of H-pyrrole nitrogens is 1. The largest absolute Gasteiger partial charge is 0.493 e. The van der Waals surface area contributed by atoms with E-state index >= 15 is 0 Å². The summed E-state index contributed by atoms with van der Waals surface area (Å²) in [6.45, 7) is 3.77. The summed E-state index contributed by atoms with van der Waals surface area (Å²) in [6, 6.07) is 11.3.